The highest BCUT2D eigenvalue weighted by molar-refractivity contribution is 5.28. The van der Waals surface area contributed by atoms with E-state index in [1.165, 1.54) is 25.7 Å². The van der Waals surface area contributed by atoms with Crippen molar-refractivity contribution in [1.82, 2.24) is 0 Å². The molecule has 0 aliphatic heterocycles. The molecule has 0 amide bonds. The van der Waals surface area contributed by atoms with Crippen LogP contribution in [0.3, 0.4) is 0 Å². The molecule has 2 fully saturated rings. The third-order valence-electron chi connectivity index (χ3n) is 4.32. The Hall–Kier alpha value is -1.02. The molecule has 2 nitrogen and oxygen atoms in total. The van der Waals surface area contributed by atoms with Gasteiger partial charge in [-0.1, -0.05) is 12.1 Å². The van der Waals surface area contributed by atoms with Crippen molar-refractivity contribution in [2.75, 3.05) is 0 Å². The highest BCUT2D eigenvalue weighted by Gasteiger charge is 2.40. The minimum Gasteiger partial charge on any atom is -0.490 e. The molecule has 92 valence electrons. The van der Waals surface area contributed by atoms with Crippen LogP contribution in [0.25, 0.3) is 0 Å². The Morgan fingerprint density at radius 1 is 1.18 bits per heavy atom. The smallest absolute Gasteiger partial charge is 0.119 e. The van der Waals surface area contributed by atoms with Gasteiger partial charge in [0.1, 0.15) is 11.9 Å². The summed E-state index contributed by atoms with van der Waals surface area (Å²) in [6.45, 7) is 1.78. The van der Waals surface area contributed by atoms with Crippen molar-refractivity contribution in [3.8, 4) is 5.75 Å². The van der Waals surface area contributed by atoms with Crippen LogP contribution < -0.4 is 4.74 Å². The third kappa shape index (κ3) is 2.19. The summed E-state index contributed by atoms with van der Waals surface area (Å²) in [5.74, 6) is 2.66. The number of hydrogen-bond acceptors (Lipinski definition) is 2. The second-order valence-corrected chi connectivity index (χ2v) is 5.58. The van der Waals surface area contributed by atoms with Crippen LogP contribution in [0.1, 0.15) is 44.3 Å². The summed E-state index contributed by atoms with van der Waals surface area (Å²) in [4.78, 5) is 0. The molecular formula is C15H20O2. The molecule has 0 spiro atoms. The first-order chi connectivity index (χ1) is 8.22. The summed E-state index contributed by atoms with van der Waals surface area (Å²) >= 11 is 0. The maximum absolute atomic E-state index is 9.44. The molecular weight excluding hydrogens is 212 g/mol. The number of benzene rings is 1. The Morgan fingerprint density at radius 3 is 2.47 bits per heavy atom. The van der Waals surface area contributed by atoms with E-state index >= 15 is 0 Å². The van der Waals surface area contributed by atoms with Crippen molar-refractivity contribution in [1.29, 1.82) is 0 Å². The van der Waals surface area contributed by atoms with Gasteiger partial charge in [0.2, 0.25) is 0 Å². The van der Waals surface area contributed by atoms with Gasteiger partial charge in [0.25, 0.3) is 0 Å². The first kappa shape index (κ1) is 11.1. The zero-order chi connectivity index (χ0) is 11.8. The molecule has 0 saturated heterocycles. The first-order valence-electron chi connectivity index (χ1n) is 6.67. The minimum atomic E-state index is -0.397. The van der Waals surface area contributed by atoms with Crippen molar-refractivity contribution < 1.29 is 9.84 Å². The van der Waals surface area contributed by atoms with E-state index in [0.717, 1.165) is 23.1 Å². The van der Waals surface area contributed by atoms with Gasteiger partial charge in [-0.15, -0.1) is 0 Å². The fraction of sp³-hybridized carbons (Fsp3) is 0.600. The van der Waals surface area contributed by atoms with Crippen LogP contribution in [-0.4, -0.2) is 11.2 Å². The topological polar surface area (TPSA) is 29.5 Å². The van der Waals surface area contributed by atoms with Crippen molar-refractivity contribution in [2.24, 2.45) is 11.8 Å². The minimum absolute atomic E-state index is 0.397. The molecule has 2 aliphatic rings. The van der Waals surface area contributed by atoms with Crippen LogP contribution >= 0.6 is 0 Å². The van der Waals surface area contributed by atoms with Crippen molar-refractivity contribution >= 4 is 0 Å². The summed E-state index contributed by atoms with van der Waals surface area (Å²) in [5, 5.41) is 9.44. The number of aliphatic hydroxyl groups is 1. The molecule has 3 rings (SSSR count). The second kappa shape index (κ2) is 4.34. The summed E-state index contributed by atoms with van der Waals surface area (Å²) in [6, 6.07) is 7.86. The van der Waals surface area contributed by atoms with Crippen molar-refractivity contribution in [3.63, 3.8) is 0 Å². The fourth-order valence-electron chi connectivity index (χ4n) is 3.33. The van der Waals surface area contributed by atoms with E-state index in [2.05, 4.69) is 0 Å². The number of aliphatic hydroxyl groups excluding tert-OH is 1. The molecule has 2 aliphatic carbocycles. The molecule has 2 heteroatoms. The summed E-state index contributed by atoms with van der Waals surface area (Å²) in [5.41, 5.74) is 0.949. The van der Waals surface area contributed by atoms with E-state index in [0.29, 0.717) is 6.10 Å². The average Bonchev–Trinajstić information content (AvgIpc) is 2.91. The van der Waals surface area contributed by atoms with E-state index in [4.69, 9.17) is 4.74 Å². The van der Waals surface area contributed by atoms with Crippen molar-refractivity contribution in [2.45, 2.75) is 44.8 Å². The highest BCUT2D eigenvalue weighted by Crippen LogP contribution is 2.45. The van der Waals surface area contributed by atoms with Crippen LogP contribution in [0.2, 0.25) is 0 Å². The van der Waals surface area contributed by atoms with E-state index in [9.17, 15) is 5.11 Å². The standard InChI is InChI=1S/C15H20O2/c1-10(16)12-4-6-14(7-5-12)17-15-9-11-2-3-13(15)8-11/h4-7,10-11,13,15-16H,2-3,8-9H2,1H3. The zero-order valence-corrected chi connectivity index (χ0v) is 10.3. The van der Waals surface area contributed by atoms with Gasteiger partial charge in [0.15, 0.2) is 0 Å². The van der Waals surface area contributed by atoms with E-state index in [1.807, 2.05) is 24.3 Å². The molecule has 0 heterocycles. The maximum atomic E-state index is 9.44. The van der Waals surface area contributed by atoms with Gasteiger partial charge < -0.3 is 9.84 Å². The van der Waals surface area contributed by atoms with E-state index in [1.54, 1.807) is 6.92 Å². The Morgan fingerprint density at radius 2 is 1.94 bits per heavy atom. The van der Waals surface area contributed by atoms with Gasteiger partial charge in [-0.2, -0.15) is 0 Å². The van der Waals surface area contributed by atoms with Gasteiger partial charge in [-0.3, -0.25) is 0 Å². The van der Waals surface area contributed by atoms with E-state index < -0.39 is 6.10 Å². The van der Waals surface area contributed by atoms with Crippen LogP contribution in [0.4, 0.5) is 0 Å². The van der Waals surface area contributed by atoms with Gasteiger partial charge in [-0.25, -0.2) is 0 Å². The summed E-state index contributed by atoms with van der Waals surface area (Å²) in [6.07, 6.45) is 5.41. The molecule has 1 N–H and O–H groups in total. The number of ether oxygens (including phenoxy) is 1. The van der Waals surface area contributed by atoms with E-state index in [-0.39, 0.29) is 0 Å². The molecule has 4 atom stereocenters. The SMILES string of the molecule is CC(O)c1ccc(OC2CC3CCC2C3)cc1. The predicted molar refractivity (Wildman–Crippen MR) is 66.9 cm³/mol. The van der Waals surface area contributed by atoms with Crippen LogP contribution in [0.15, 0.2) is 24.3 Å². The monoisotopic (exact) mass is 232 g/mol. The molecule has 1 aromatic carbocycles. The number of fused-ring (bicyclic) bond motifs is 2. The Kier molecular flexibility index (Phi) is 2.83. The van der Waals surface area contributed by atoms with Crippen LogP contribution in [-0.2, 0) is 0 Å². The zero-order valence-electron chi connectivity index (χ0n) is 10.3. The largest absolute Gasteiger partial charge is 0.490 e. The molecule has 17 heavy (non-hydrogen) atoms. The van der Waals surface area contributed by atoms with Gasteiger partial charge in [0.05, 0.1) is 6.10 Å². The van der Waals surface area contributed by atoms with Crippen molar-refractivity contribution in [3.05, 3.63) is 29.8 Å². The quantitative estimate of drug-likeness (QED) is 0.866. The molecule has 0 aromatic heterocycles. The lowest BCUT2D eigenvalue weighted by atomic mass is 9.98. The van der Waals surface area contributed by atoms with Gasteiger partial charge in [0, 0.05) is 0 Å². The van der Waals surface area contributed by atoms with Gasteiger partial charge >= 0.3 is 0 Å². The molecule has 0 radical (unpaired) electrons. The predicted octanol–water partition coefficient (Wildman–Crippen LogP) is 3.31. The number of hydrogen-bond donors (Lipinski definition) is 1. The molecule has 1 aromatic rings. The molecule has 2 saturated carbocycles. The highest BCUT2D eigenvalue weighted by atomic mass is 16.5. The lowest BCUT2D eigenvalue weighted by Gasteiger charge is -2.23. The Labute approximate surface area is 103 Å². The van der Waals surface area contributed by atoms with Crippen LogP contribution in [0, 0.1) is 11.8 Å². The number of rotatable bonds is 3. The maximum Gasteiger partial charge on any atom is 0.119 e. The average molecular weight is 232 g/mol. The fourth-order valence-corrected chi connectivity index (χ4v) is 3.33. The second-order valence-electron chi connectivity index (χ2n) is 5.58. The third-order valence-corrected chi connectivity index (χ3v) is 4.32. The van der Waals surface area contributed by atoms with Crippen LogP contribution in [0.5, 0.6) is 5.75 Å². The Balaban J connectivity index is 1.65. The van der Waals surface area contributed by atoms with Gasteiger partial charge in [-0.05, 0) is 62.1 Å². The lowest BCUT2D eigenvalue weighted by Crippen LogP contribution is -2.23. The molecule has 2 bridgehead atoms. The normalized spacial score (nSPS) is 32.7. The lowest BCUT2D eigenvalue weighted by molar-refractivity contribution is 0.138. The molecule has 4 unspecified atom stereocenters. The summed E-state index contributed by atoms with van der Waals surface area (Å²) in [7, 11) is 0. The Bertz CT molecular complexity index is 382. The first-order valence-corrected chi connectivity index (χ1v) is 6.67. The summed E-state index contributed by atoms with van der Waals surface area (Å²) < 4.78 is 6.06.